The van der Waals surface area contributed by atoms with Gasteiger partial charge < -0.3 is 10.1 Å². The van der Waals surface area contributed by atoms with Crippen LogP contribution in [-0.4, -0.2) is 17.1 Å². The lowest BCUT2D eigenvalue weighted by Crippen LogP contribution is -2.15. The van der Waals surface area contributed by atoms with Crippen LogP contribution < -0.4 is 5.32 Å². The summed E-state index contributed by atoms with van der Waals surface area (Å²) in [7, 11) is 0. The molecule has 1 unspecified atom stereocenters. The van der Waals surface area contributed by atoms with Gasteiger partial charge in [0.15, 0.2) is 0 Å². The molecule has 1 fully saturated rings. The van der Waals surface area contributed by atoms with Crippen molar-refractivity contribution in [2.24, 2.45) is 0 Å². The SMILES string of the molecule is CCCC(C)OCc1csc(CNC2CC2)n1. The Kier molecular flexibility index (Phi) is 4.95. The summed E-state index contributed by atoms with van der Waals surface area (Å²) in [6, 6.07) is 0.753. The van der Waals surface area contributed by atoms with E-state index in [1.165, 1.54) is 24.3 Å². The Morgan fingerprint density at radius 3 is 3.12 bits per heavy atom. The fourth-order valence-corrected chi connectivity index (χ4v) is 2.46. The highest BCUT2D eigenvalue weighted by atomic mass is 32.1. The lowest BCUT2D eigenvalue weighted by molar-refractivity contribution is 0.0455. The van der Waals surface area contributed by atoms with Crippen molar-refractivity contribution in [3.8, 4) is 0 Å². The monoisotopic (exact) mass is 254 g/mol. The van der Waals surface area contributed by atoms with Gasteiger partial charge in [-0.3, -0.25) is 0 Å². The van der Waals surface area contributed by atoms with Crippen molar-refractivity contribution < 1.29 is 4.74 Å². The summed E-state index contributed by atoms with van der Waals surface area (Å²) in [5.74, 6) is 0. The van der Waals surface area contributed by atoms with Gasteiger partial charge in [0.1, 0.15) is 5.01 Å². The fourth-order valence-electron chi connectivity index (χ4n) is 1.73. The van der Waals surface area contributed by atoms with E-state index in [2.05, 4.69) is 29.5 Å². The molecule has 1 aromatic heterocycles. The van der Waals surface area contributed by atoms with E-state index in [1.807, 2.05) is 0 Å². The first-order valence-corrected chi connectivity index (χ1v) is 7.44. The summed E-state index contributed by atoms with van der Waals surface area (Å²) in [6.45, 7) is 5.89. The van der Waals surface area contributed by atoms with Crippen molar-refractivity contribution in [3.63, 3.8) is 0 Å². The number of rotatable bonds is 8. The van der Waals surface area contributed by atoms with Crippen LogP contribution in [0, 0.1) is 0 Å². The second-order valence-electron chi connectivity index (χ2n) is 4.80. The molecule has 1 aliphatic rings. The minimum atomic E-state index is 0.342. The Bertz CT molecular complexity index is 336. The van der Waals surface area contributed by atoms with Gasteiger partial charge in [-0.05, 0) is 26.2 Å². The molecule has 4 heteroatoms. The Labute approximate surface area is 108 Å². The summed E-state index contributed by atoms with van der Waals surface area (Å²) >= 11 is 1.73. The van der Waals surface area contributed by atoms with Gasteiger partial charge in [0, 0.05) is 18.0 Å². The molecule has 96 valence electrons. The first-order valence-electron chi connectivity index (χ1n) is 6.56. The smallest absolute Gasteiger partial charge is 0.107 e. The van der Waals surface area contributed by atoms with Crippen LogP contribution in [-0.2, 0) is 17.9 Å². The average Bonchev–Trinajstić information content (AvgIpc) is 3.03. The van der Waals surface area contributed by atoms with Gasteiger partial charge in [-0.15, -0.1) is 11.3 Å². The number of nitrogens with one attached hydrogen (secondary N) is 1. The van der Waals surface area contributed by atoms with Gasteiger partial charge in [-0.25, -0.2) is 4.98 Å². The zero-order valence-corrected chi connectivity index (χ0v) is 11.6. The number of hydrogen-bond donors (Lipinski definition) is 1. The second-order valence-corrected chi connectivity index (χ2v) is 5.74. The molecule has 0 radical (unpaired) electrons. The maximum Gasteiger partial charge on any atom is 0.107 e. The highest BCUT2D eigenvalue weighted by molar-refractivity contribution is 7.09. The summed E-state index contributed by atoms with van der Waals surface area (Å²) in [6.07, 6.45) is 5.30. The predicted molar refractivity (Wildman–Crippen MR) is 71.1 cm³/mol. The second kappa shape index (κ2) is 6.47. The number of nitrogens with zero attached hydrogens (tertiary/aromatic N) is 1. The Morgan fingerprint density at radius 2 is 2.41 bits per heavy atom. The summed E-state index contributed by atoms with van der Waals surface area (Å²) < 4.78 is 5.74. The van der Waals surface area contributed by atoms with E-state index in [4.69, 9.17) is 4.74 Å². The number of aromatic nitrogens is 1. The van der Waals surface area contributed by atoms with Crippen molar-refractivity contribution in [1.82, 2.24) is 10.3 Å². The number of ether oxygens (including phenoxy) is 1. The maximum atomic E-state index is 5.74. The first kappa shape index (κ1) is 13.0. The quantitative estimate of drug-likeness (QED) is 0.774. The van der Waals surface area contributed by atoms with Crippen molar-refractivity contribution in [3.05, 3.63) is 16.1 Å². The van der Waals surface area contributed by atoms with Gasteiger partial charge in [-0.1, -0.05) is 13.3 Å². The lowest BCUT2D eigenvalue weighted by atomic mass is 10.2. The van der Waals surface area contributed by atoms with E-state index in [9.17, 15) is 0 Å². The minimum absolute atomic E-state index is 0.342. The third kappa shape index (κ3) is 4.74. The lowest BCUT2D eigenvalue weighted by Gasteiger charge is -2.10. The summed E-state index contributed by atoms with van der Waals surface area (Å²) in [5.41, 5.74) is 1.07. The number of hydrogen-bond acceptors (Lipinski definition) is 4. The molecule has 17 heavy (non-hydrogen) atoms. The zero-order chi connectivity index (χ0) is 12.1. The Hall–Kier alpha value is -0.450. The van der Waals surface area contributed by atoms with Gasteiger partial charge in [0.2, 0.25) is 0 Å². The topological polar surface area (TPSA) is 34.1 Å². The molecule has 3 nitrogen and oxygen atoms in total. The molecule has 0 aromatic carbocycles. The maximum absolute atomic E-state index is 5.74. The molecule has 0 amide bonds. The molecule has 0 saturated heterocycles. The van der Waals surface area contributed by atoms with E-state index in [0.29, 0.717) is 12.7 Å². The van der Waals surface area contributed by atoms with Crippen LogP contribution in [0.3, 0.4) is 0 Å². The van der Waals surface area contributed by atoms with Gasteiger partial charge in [-0.2, -0.15) is 0 Å². The van der Waals surface area contributed by atoms with Crippen molar-refractivity contribution in [1.29, 1.82) is 0 Å². The molecule has 2 rings (SSSR count). The largest absolute Gasteiger partial charge is 0.372 e. The normalized spacial score (nSPS) is 17.3. The van der Waals surface area contributed by atoms with Crippen molar-refractivity contribution in [2.75, 3.05) is 0 Å². The molecule has 0 spiro atoms. The molecule has 1 saturated carbocycles. The summed E-state index contributed by atoms with van der Waals surface area (Å²) in [4.78, 5) is 4.57. The van der Waals surface area contributed by atoms with Crippen LogP contribution in [0.1, 0.15) is 50.2 Å². The van der Waals surface area contributed by atoms with E-state index in [0.717, 1.165) is 24.7 Å². The average molecular weight is 254 g/mol. The van der Waals surface area contributed by atoms with E-state index in [-0.39, 0.29) is 0 Å². The third-order valence-electron chi connectivity index (χ3n) is 2.93. The van der Waals surface area contributed by atoms with Gasteiger partial charge in [0.25, 0.3) is 0 Å². The minimum Gasteiger partial charge on any atom is -0.372 e. The standard InChI is InChI=1S/C13H22N2OS/c1-3-4-10(2)16-8-12-9-17-13(15-12)7-14-11-5-6-11/h9-11,14H,3-8H2,1-2H3. The van der Waals surface area contributed by atoms with E-state index < -0.39 is 0 Å². The van der Waals surface area contributed by atoms with E-state index >= 15 is 0 Å². The summed E-state index contributed by atoms with van der Waals surface area (Å²) in [5, 5.41) is 6.77. The molecular weight excluding hydrogens is 232 g/mol. The van der Waals surface area contributed by atoms with Gasteiger partial charge in [0.05, 0.1) is 18.4 Å². The van der Waals surface area contributed by atoms with Crippen LogP contribution in [0.2, 0.25) is 0 Å². The highest BCUT2D eigenvalue weighted by Gasteiger charge is 2.20. The predicted octanol–water partition coefficient (Wildman–Crippen LogP) is 3.10. The highest BCUT2D eigenvalue weighted by Crippen LogP contribution is 2.20. The molecule has 1 heterocycles. The molecule has 1 N–H and O–H groups in total. The van der Waals surface area contributed by atoms with Crippen LogP contribution >= 0.6 is 11.3 Å². The number of thiazole rings is 1. The first-order chi connectivity index (χ1) is 8.28. The molecule has 1 atom stereocenters. The zero-order valence-electron chi connectivity index (χ0n) is 10.7. The van der Waals surface area contributed by atoms with E-state index in [1.54, 1.807) is 11.3 Å². The molecule has 0 aliphatic heterocycles. The molecule has 0 bridgehead atoms. The van der Waals surface area contributed by atoms with Crippen LogP contribution in [0.4, 0.5) is 0 Å². The fraction of sp³-hybridized carbons (Fsp3) is 0.769. The molecule has 1 aromatic rings. The van der Waals surface area contributed by atoms with Crippen molar-refractivity contribution >= 4 is 11.3 Å². The van der Waals surface area contributed by atoms with Crippen LogP contribution in [0.25, 0.3) is 0 Å². The molecule has 1 aliphatic carbocycles. The third-order valence-corrected chi connectivity index (χ3v) is 3.83. The molecular formula is C13H22N2OS. The van der Waals surface area contributed by atoms with Crippen LogP contribution in [0.5, 0.6) is 0 Å². The van der Waals surface area contributed by atoms with Crippen LogP contribution in [0.15, 0.2) is 5.38 Å². The Morgan fingerprint density at radius 1 is 1.59 bits per heavy atom. The van der Waals surface area contributed by atoms with Gasteiger partial charge >= 0.3 is 0 Å². The Balaban J connectivity index is 1.69. The van der Waals surface area contributed by atoms with Crippen molar-refractivity contribution in [2.45, 2.75) is 64.8 Å².